The molecule has 0 saturated heterocycles. The molecule has 0 saturated carbocycles. The third kappa shape index (κ3) is 3.08. The highest BCUT2D eigenvalue weighted by Gasteiger charge is 2.03. The zero-order chi connectivity index (χ0) is 10.4. The first-order valence-corrected chi connectivity index (χ1v) is 4.41. The zero-order valence-electron chi connectivity index (χ0n) is 7.67. The summed E-state index contributed by atoms with van der Waals surface area (Å²) in [5.41, 5.74) is 0.479. The fourth-order valence-corrected chi connectivity index (χ4v) is 0.937. The van der Waals surface area contributed by atoms with Gasteiger partial charge >= 0.3 is 0 Å². The van der Waals surface area contributed by atoms with Crippen LogP contribution >= 0.6 is 11.6 Å². The van der Waals surface area contributed by atoms with Crippen molar-refractivity contribution in [2.45, 2.75) is 6.92 Å². The topological polar surface area (TPSA) is 42.0 Å². The van der Waals surface area contributed by atoms with E-state index in [4.69, 9.17) is 11.6 Å². The van der Waals surface area contributed by atoms with E-state index in [-0.39, 0.29) is 5.91 Å². The van der Waals surface area contributed by atoms with Crippen LogP contribution in [-0.2, 0) is 0 Å². The second-order valence-corrected chi connectivity index (χ2v) is 2.87. The maximum absolute atomic E-state index is 11.4. The Morgan fingerprint density at radius 3 is 3.00 bits per heavy atom. The summed E-state index contributed by atoms with van der Waals surface area (Å²) >= 11 is 5.58. The first-order chi connectivity index (χ1) is 6.74. The molecular formula is C10H9ClN2O. The lowest BCUT2D eigenvalue weighted by Crippen LogP contribution is -2.23. The highest BCUT2D eigenvalue weighted by atomic mass is 35.5. The number of carbonyl (C=O) groups excluding carboxylic acids is 1. The van der Waals surface area contributed by atoms with Crippen molar-refractivity contribution in [2.75, 3.05) is 6.54 Å². The van der Waals surface area contributed by atoms with Crippen molar-refractivity contribution in [3.05, 3.63) is 29.0 Å². The minimum absolute atomic E-state index is 0.197. The number of amides is 1. The van der Waals surface area contributed by atoms with Crippen LogP contribution in [0.5, 0.6) is 0 Å². The summed E-state index contributed by atoms with van der Waals surface area (Å²) in [7, 11) is 0. The Hall–Kier alpha value is -1.53. The van der Waals surface area contributed by atoms with Crippen molar-refractivity contribution in [3.63, 3.8) is 0 Å². The predicted molar refractivity (Wildman–Crippen MR) is 55.0 cm³/mol. The van der Waals surface area contributed by atoms with E-state index in [0.717, 1.165) is 0 Å². The number of nitrogens with one attached hydrogen (secondary N) is 1. The minimum atomic E-state index is -0.197. The molecule has 1 N–H and O–H groups in total. The third-order valence-electron chi connectivity index (χ3n) is 1.50. The van der Waals surface area contributed by atoms with Gasteiger partial charge in [-0.15, -0.1) is 5.92 Å². The van der Waals surface area contributed by atoms with Gasteiger partial charge in [-0.05, 0) is 19.1 Å². The molecule has 1 rings (SSSR count). The molecule has 1 heterocycles. The summed E-state index contributed by atoms with van der Waals surface area (Å²) in [6, 6.07) is 3.19. The first-order valence-electron chi connectivity index (χ1n) is 4.03. The number of rotatable bonds is 2. The summed E-state index contributed by atoms with van der Waals surface area (Å²) in [5, 5.41) is 2.99. The second-order valence-electron chi connectivity index (χ2n) is 2.48. The lowest BCUT2D eigenvalue weighted by atomic mass is 10.3. The summed E-state index contributed by atoms with van der Waals surface area (Å²) in [5.74, 6) is 5.22. The average molecular weight is 209 g/mol. The molecule has 1 aromatic rings. The van der Waals surface area contributed by atoms with Gasteiger partial charge in [0.15, 0.2) is 0 Å². The van der Waals surface area contributed by atoms with Crippen LogP contribution in [-0.4, -0.2) is 17.4 Å². The highest BCUT2D eigenvalue weighted by Crippen LogP contribution is 2.04. The summed E-state index contributed by atoms with van der Waals surface area (Å²) < 4.78 is 0. The Labute approximate surface area is 87.5 Å². The van der Waals surface area contributed by atoms with Crippen LogP contribution in [0.3, 0.4) is 0 Å². The molecule has 1 amide bonds. The Bertz CT molecular complexity index is 375. The Morgan fingerprint density at radius 1 is 1.64 bits per heavy atom. The van der Waals surface area contributed by atoms with E-state index in [1.807, 2.05) is 0 Å². The van der Waals surface area contributed by atoms with Crippen molar-refractivity contribution in [3.8, 4) is 11.8 Å². The van der Waals surface area contributed by atoms with Gasteiger partial charge in [-0.2, -0.15) is 0 Å². The molecule has 0 atom stereocenters. The number of pyridine rings is 1. The molecule has 3 nitrogen and oxygen atoms in total. The number of aromatic nitrogens is 1. The Morgan fingerprint density at radius 2 is 2.43 bits per heavy atom. The quantitative estimate of drug-likeness (QED) is 0.591. The molecule has 0 aromatic carbocycles. The standard InChI is InChI=1S/C10H9ClN2O/c1-2-3-6-12-10(14)8-4-5-9(11)13-7-8/h4-5,7H,6H2,1H3,(H,12,14). The summed E-state index contributed by atoms with van der Waals surface area (Å²) in [6.45, 7) is 2.06. The van der Waals surface area contributed by atoms with Gasteiger partial charge in [0, 0.05) is 6.20 Å². The number of halogens is 1. The van der Waals surface area contributed by atoms with Crippen LogP contribution in [0.4, 0.5) is 0 Å². The normalized spacial score (nSPS) is 8.71. The number of carbonyl (C=O) groups is 1. The molecule has 0 bridgehead atoms. The van der Waals surface area contributed by atoms with Gasteiger partial charge in [0.25, 0.3) is 5.91 Å². The van der Waals surface area contributed by atoms with E-state index < -0.39 is 0 Å². The van der Waals surface area contributed by atoms with E-state index in [9.17, 15) is 4.79 Å². The third-order valence-corrected chi connectivity index (χ3v) is 1.73. The fourth-order valence-electron chi connectivity index (χ4n) is 0.825. The maximum Gasteiger partial charge on any atom is 0.253 e. The molecule has 0 unspecified atom stereocenters. The van der Waals surface area contributed by atoms with Gasteiger partial charge in [-0.1, -0.05) is 17.5 Å². The molecule has 0 spiro atoms. The molecule has 0 aliphatic rings. The van der Waals surface area contributed by atoms with Gasteiger partial charge < -0.3 is 5.32 Å². The van der Waals surface area contributed by atoms with E-state index in [1.54, 1.807) is 19.1 Å². The van der Waals surface area contributed by atoms with Gasteiger partial charge in [0.1, 0.15) is 5.15 Å². The Kier molecular flexibility index (Phi) is 3.96. The average Bonchev–Trinajstić information content (AvgIpc) is 2.19. The van der Waals surface area contributed by atoms with Crippen molar-refractivity contribution in [2.24, 2.45) is 0 Å². The lowest BCUT2D eigenvalue weighted by Gasteiger charge is -2.00. The molecular weight excluding hydrogens is 200 g/mol. The van der Waals surface area contributed by atoms with Crippen molar-refractivity contribution >= 4 is 17.5 Å². The van der Waals surface area contributed by atoms with Crippen LogP contribution in [0.15, 0.2) is 18.3 Å². The van der Waals surface area contributed by atoms with Crippen molar-refractivity contribution < 1.29 is 4.79 Å². The number of nitrogens with zero attached hydrogens (tertiary/aromatic N) is 1. The monoisotopic (exact) mass is 208 g/mol. The largest absolute Gasteiger partial charge is 0.341 e. The second kappa shape index (κ2) is 5.25. The van der Waals surface area contributed by atoms with Gasteiger partial charge in [0.2, 0.25) is 0 Å². The van der Waals surface area contributed by atoms with Gasteiger partial charge in [-0.25, -0.2) is 4.98 Å². The van der Waals surface area contributed by atoms with E-state index in [2.05, 4.69) is 22.1 Å². The van der Waals surface area contributed by atoms with Crippen LogP contribution in [0.2, 0.25) is 5.15 Å². The maximum atomic E-state index is 11.4. The highest BCUT2D eigenvalue weighted by molar-refractivity contribution is 6.29. The lowest BCUT2D eigenvalue weighted by molar-refractivity contribution is 0.0958. The fraction of sp³-hybridized carbons (Fsp3) is 0.200. The van der Waals surface area contributed by atoms with Crippen LogP contribution in [0.1, 0.15) is 17.3 Å². The molecule has 0 radical (unpaired) electrons. The molecule has 0 aliphatic heterocycles. The van der Waals surface area contributed by atoms with E-state index >= 15 is 0 Å². The van der Waals surface area contributed by atoms with Gasteiger partial charge in [-0.3, -0.25) is 4.79 Å². The molecule has 0 aliphatic carbocycles. The SMILES string of the molecule is CC#CCNC(=O)c1ccc(Cl)nc1. The van der Waals surface area contributed by atoms with E-state index in [0.29, 0.717) is 17.3 Å². The molecule has 14 heavy (non-hydrogen) atoms. The number of hydrogen-bond donors (Lipinski definition) is 1. The van der Waals surface area contributed by atoms with Crippen LogP contribution in [0, 0.1) is 11.8 Å². The molecule has 72 valence electrons. The van der Waals surface area contributed by atoms with Gasteiger partial charge in [0.05, 0.1) is 12.1 Å². The smallest absolute Gasteiger partial charge is 0.253 e. The van der Waals surface area contributed by atoms with E-state index in [1.165, 1.54) is 6.20 Å². The van der Waals surface area contributed by atoms with Crippen molar-refractivity contribution in [1.82, 2.24) is 10.3 Å². The minimum Gasteiger partial charge on any atom is -0.341 e. The summed E-state index contributed by atoms with van der Waals surface area (Å²) in [6.07, 6.45) is 1.43. The Balaban J connectivity index is 2.59. The molecule has 1 aromatic heterocycles. The first kappa shape index (κ1) is 10.6. The molecule has 0 fully saturated rings. The van der Waals surface area contributed by atoms with Crippen LogP contribution in [0.25, 0.3) is 0 Å². The molecule has 4 heteroatoms. The van der Waals surface area contributed by atoms with Crippen LogP contribution < -0.4 is 5.32 Å². The summed E-state index contributed by atoms with van der Waals surface area (Å²) in [4.78, 5) is 15.2. The zero-order valence-corrected chi connectivity index (χ0v) is 8.43. The van der Waals surface area contributed by atoms with Crippen molar-refractivity contribution in [1.29, 1.82) is 0 Å². The predicted octanol–water partition coefficient (Wildman–Crippen LogP) is 1.49. The number of hydrogen-bond acceptors (Lipinski definition) is 2.